The average Bonchev–Trinajstić information content (AvgIpc) is 2.75. The lowest BCUT2D eigenvalue weighted by Crippen LogP contribution is -2.50. The van der Waals surface area contributed by atoms with Crippen LogP contribution in [-0.4, -0.2) is 24.7 Å². The summed E-state index contributed by atoms with van der Waals surface area (Å²) in [5, 5.41) is 2.69. The molecule has 1 aliphatic heterocycles. The van der Waals surface area contributed by atoms with Gasteiger partial charge in [0.1, 0.15) is 11.9 Å². The summed E-state index contributed by atoms with van der Waals surface area (Å²) < 4.78 is 42.1. The maximum atomic E-state index is 13.9. The highest BCUT2D eigenvalue weighted by Crippen LogP contribution is 2.30. The van der Waals surface area contributed by atoms with Crippen LogP contribution in [0, 0.1) is 19.7 Å². The van der Waals surface area contributed by atoms with Gasteiger partial charge in [-0.1, -0.05) is 48.0 Å². The zero-order valence-electron chi connectivity index (χ0n) is 17.3. The van der Waals surface area contributed by atoms with E-state index in [-0.39, 0.29) is 17.9 Å². The lowest BCUT2D eigenvalue weighted by molar-refractivity contribution is -0.120. The minimum absolute atomic E-state index is 0.0900. The van der Waals surface area contributed by atoms with E-state index in [1.807, 2.05) is 31.2 Å². The molecule has 160 valence electrons. The number of carbonyl (C=O) groups is 1. The minimum atomic E-state index is -3.92. The molecule has 1 amide bonds. The first-order valence-corrected chi connectivity index (χ1v) is 11.4. The zero-order chi connectivity index (χ0) is 22.2. The summed E-state index contributed by atoms with van der Waals surface area (Å²) in [6.45, 7) is 3.60. The lowest BCUT2D eigenvalue weighted by Gasteiger charge is -2.35. The van der Waals surface area contributed by atoms with E-state index in [2.05, 4.69) is 5.32 Å². The van der Waals surface area contributed by atoms with Crippen LogP contribution in [0.25, 0.3) is 0 Å². The molecule has 3 aromatic carbocycles. The fraction of sp³-hybridized carbons (Fsp3) is 0.208. The second-order valence-corrected chi connectivity index (χ2v) is 9.70. The number of rotatable bonds is 4. The molecular formula is C24H23FN2O3S. The van der Waals surface area contributed by atoms with E-state index in [0.29, 0.717) is 11.3 Å². The molecule has 1 N–H and O–H groups in total. The molecule has 1 aliphatic rings. The first-order valence-electron chi connectivity index (χ1n) is 9.98. The first-order chi connectivity index (χ1) is 14.8. The predicted molar refractivity (Wildman–Crippen MR) is 118 cm³/mol. The number of nitrogens with zero attached hydrogens (tertiary/aromatic N) is 1. The molecule has 1 atom stereocenters. The van der Waals surface area contributed by atoms with Crippen LogP contribution in [0.5, 0.6) is 0 Å². The molecular weight excluding hydrogens is 415 g/mol. The molecule has 0 aromatic heterocycles. The molecule has 0 bridgehead atoms. The number of aryl methyl sites for hydroxylation is 2. The van der Waals surface area contributed by atoms with Gasteiger partial charge in [-0.25, -0.2) is 12.8 Å². The smallest absolute Gasteiger partial charge is 0.244 e. The number of halogens is 1. The van der Waals surface area contributed by atoms with Crippen molar-refractivity contribution in [1.29, 1.82) is 0 Å². The van der Waals surface area contributed by atoms with Gasteiger partial charge in [-0.3, -0.25) is 4.79 Å². The fourth-order valence-corrected chi connectivity index (χ4v) is 5.28. The monoisotopic (exact) mass is 438 g/mol. The molecule has 31 heavy (non-hydrogen) atoms. The SMILES string of the molecule is Cc1ccc(S(=O)(=O)N2Cc3ccccc3CC2C(=O)Nc2ccc(C)c(F)c2)cc1. The van der Waals surface area contributed by atoms with E-state index >= 15 is 0 Å². The van der Waals surface area contributed by atoms with Crippen molar-refractivity contribution in [2.75, 3.05) is 5.32 Å². The van der Waals surface area contributed by atoms with E-state index < -0.39 is 27.8 Å². The number of nitrogens with one attached hydrogen (secondary N) is 1. The van der Waals surface area contributed by atoms with Crippen LogP contribution in [0.1, 0.15) is 22.3 Å². The van der Waals surface area contributed by atoms with Gasteiger partial charge in [-0.15, -0.1) is 0 Å². The average molecular weight is 439 g/mol. The van der Waals surface area contributed by atoms with Crippen molar-refractivity contribution in [2.45, 2.75) is 37.8 Å². The molecule has 1 heterocycles. The molecule has 0 aliphatic carbocycles. The van der Waals surface area contributed by atoms with E-state index in [4.69, 9.17) is 0 Å². The normalized spacial score (nSPS) is 16.5. The zero-order valence-corrected chi connectivity index (χ0v) is 18.1. The Morgan fingerprint density at radius 2 is 1.68 bits per heavy atom. The van der Waals surface area contributed by atoms with Gasteiger partial charge in [0.25, 0.3) is 0 Å². The molecule has 4 rings (SSSR count). The molecule has 0 fully saturated rings. The van der Waals surface area contributed by atoms with Gasteiger partial charge in [-0.05, 0) is 61.2 Å². The van der Waals surface area contributed by atoms with Gasteiger partial charge in [0, 0.05) is 12.2 Å². The summed E-state index contributed by atoms with van der Waals surface area (Å²) in [6, 6.07) is 17.5. The number of anilines is 1. The third-order valence-corrected chi connectivity index (χ3v) is 7.44. The molecule has 1 unspecified atom stereocenters. The number of fused-ring (bicyclic) bond motifs is 1. The molecule has 5 nitrogen and oxygen atoms in total. The van der Waals surface area contributed by atoms with Crippen molar-refractivity contribution in [2.24, 2.45) is 0 Å². The van der Waals surface area contributed by atoms with Gasteiger partial charge in [0.05, 0.1) is 4.90 Å². The summed E-state index contributed by atoms with van der Waals surface area (Å²) in [7, 11) is -3.92. The molecule has 7 heteroatoms. The summed E-state index contributed by atoms with van der Waals surface area (Å²) in [6.07, 6.45) is 0.238. The van der Waals surface area contributed by atoms with E-state index in [9.17, 15) is 17.6 Å². The third-order valence-electron chi connectivity index (χ3n) is 5.58. The van der Waals surface area contributed by atoms with Crippen molar-refractivity contribution in [1.82, 2.24) is 4.31 Å². The number of sulfonamides is 1. The van der Waals surface area contributed by atoms with Crippen LogP contribution in [0.4, 0.5) is 10.1 Å². The Morgan fingerprint density at radius 3 is 2.35 bits per heavy atom. The van der Waals surface area contributed by atoms with Crippen LogP contribution in [0.15, 0.2) is 71.6 Å². The Bertz CT molecular complexity index is 1240. The van der Waals surface area contributed by atoms with Crippen LogP contribution in [0.3, 0.4) is 0 Å². The van der Waals surface area contributed by atoms with Gasteiger partial charge < -0.3 is 5.32 Å². The maximum Gasteiger partial charge on any atom is 0.244 e. The minimum Gasteiger partial charge on any atom is -0.325 e. The van der Waals surface area contributed by atoms with Crippen LogP contribution in [0.2, 0.25) is 0 Å². The number of benzene rings is 3. The largest absolute Gasteiger partial charge is 0.325 e. The maximum absolute atomic E-state index is 13.9. The molecule has 0 radical (unpaired) electrons. The van der Waals surface area contributed by atoms with E-state index in [0.717, 1.165) is 16.7 Å². The Kier molecular flexibility index (Phi) is 5.64. The quantitative estimate of drug-likeness (QED) is 0.664. The van der Waals surface area contributed by atoms with Crippen molar-refractivity contribution < 1.29 is 17.6 Å². The first kappa shape index (κ1) is 21.2. The predicted octanol–water partition coefficient (Wildman–Crippen LogP) is 4.20. The second-order valence-electron chi connectivity index (χ2n) is 7.81. The Morgan fingerprint density at radius 1 is 1.00 bits per heavy atom. The third kappa shape index (κ3) is 4.24. The Labute approximate surface area is 181 Å². The lowest BCUT2D eigenvalue weighted by atomic mass is 9.95. The van der Waals surface area contributed by atoms with Crippen molar-refractivity contribution >= 4 is 21.6 Å². The van der Waals surface area contributed by atoms with Crippen LogP contribution in [-0.2, 0) is 27.8 Å². The standard InChI is InChI=1S/C24H23FN2O3S/c1-16-7-11-21(12-8-16)31(29,30)27-15-19-6-4-3-5-18(19)13-23(27)24(28)26-20-10-9-17(2)22(25)14-20/h3-12,14,23H,13,15H2,1-2H3,(H,26,28). The number of hydrogen-bond donors (Lipinski definition) is 1. The van der Waals surface area contributed by atoms with E-state index in [1.165, 1.54) is 10.4 Å². The number of hydrogen-bond acceptors (Lipinski definition) is 3. The Hall–Kier alpha value is -3.03. The topological polar surface area (TPSA) is 66.5 Å². The van der Waals surface area contributed by atoms with Gasteiger partial charge in [0.2, 0.25) is 15.9 Å². The van der Waals surface area contributed by atoms with Gasteiger partial charge in [-0.2, -0.15) is 4.31 Å². The second kappa shape index (κ2) is 8.24. The fourth-order valence-electron chi connectivity index (χ4n) is 3.72. The Balaban J connectivity index is 1.71. The number of amides is 1. The molecule has 0 saturated heterocycles. The van der Waals surface area contributed by atoms with Gasteiger partial charge in [0.15, 0.2) is 0 Å². The molecule has 0 spiro atoms. The highest BCUT2D eigenvalue weighted by molar-refractivity contribution is 7.89. The highest BCUT2D eigenvalue weighted by atomic mass is 32.2. The summed E-state index contributed by atoms with van der Waals surface area (Å²) in [5.41, 5.74) is 3.49. The summed E-state index contributed by atoms with van der Waals surface area (Å²) in [5.74, 6) is -0.927. The van der Waals surface area contributed by atoms with Crippen molar-refractivity contribution in [3.63, 3.8) is 0 Å². The van der Waals surface area contributed by atoms with E-state index in [1.54, 1.807) is 43.3 Å². The van der Waals surface area contributed by atoms with Crippen molar-refractivity contribution in [3.8, 4) is 0 Å². The molecule has 3 aromatic rings. The van der Waals surface area contributed by atoms with Crippen LogP contribution < -0.4 is 5.32 Å². The highest BCUT2D eigenvalue weighted by Gasteiger charge is 2.39. The summed E-state index contributed by atoms with van der Waals surface area (Å²) >= 11 is 0. The number of carbonyl (C=O) groups excluding carboxylic acids is 1. The van der Waals surface area contributed by atoms with Gasteiger partial charge >= 0.3 is 0 Å². The van der Waals surface area contributed by atoms with Crippen molar-refractivity contribution in [3.05, 3.63) is 94.8 Å². The molecule has 0 saturated carbocycles. The summed E-state index contributed by atoms with van der Waals surface area (Å²) in [4.78, 5) is 13.3. The van der Waals surface area contributed by atoms with Crippen LogP contribution >= 0.6 is 0 Å².